The van der Waals surface area contributed by atoms with Crippen molar-refractivity contribution in [2.75, 3.05) is 13.7 Å². The number of aromatic nitrogens is 2. The SMILES string of the molecule is COCCn1ncc(Br)c1C(=O)Cc1ccc(F)cc1. The quantitative estimate of drug-likeness (QED) is 0.759. The van der Waals surface area contributed by atoms with Crippen molar-refractivity contribution in [2.24, 2.45) is 0 Å². The average Bonchev–Trinajstić information content (AvgIpc) is 2.80. The summed E-state index contributed by atoms with van der Waals surface area (Å²) >= 11 is 3.33. The molecule has 0 N–H and O–H groups in total. The molecule has 0 aliphatic carbocycles. The molecular weight excluding hydrogens is 327 g/mol. The van der Waals surface area contributed by atoms with Gasteiger partial charge < -0.3 is 4.74 Å². The third-order valence-corrected chi connectivity index (χ3v) is 3.42. The summed E-state index contributed by atoms with van der Waals surface area (Å²) in [5.41, 5.74) is 1.27. The Labute approximate surface area is 124 Å². The second-order valence-electron chi connectivity index (χ2n) is 4.28. The van der Waals surface area contributed by atoms with E-state index in [9.17, 15) is 9.18 Å². The first-order valence-corrected chi connectivity index (χ1v) is 6.89. The predicted molar refractivity (Wildman–Crippen MR) is 76.2 cm³/mol. The number of hydrogen-bond donors (Lipinski definition) is 0. The van der Waals surface area contributed by atoms with Crippen molar-refractivity contribution >= 4 is 21.7 Å². The molecule has 1 aromatic carbocycles. The standard InChI is InChI=1S/C14H14BrFN2O2/c1-20-7-6-18-14(12(15)9-17-18)13(19)8-10-2-4-11(16)5-3-10/h2-5,9H,6-8H2,1H3. The van der Waals surface area contributed by atoms with Gasteiger partial charge in [0.25, 0.3) is 0 Å². The van der Waals surface area contributed by atoms with Gasteiger partial charge in [0.1, 0.15) is 11.5 Å². The predicted octanol–water partition coefficient (Wildman–Crippen LogP) is 2.86. The minimum atomic E-state index is -0.312. The number of halogens is 2. The molecule has 1 heterocycles. The van der Waals surface area contributed by atoms with Gasteiger partial charge in [-0.3, -0.25) is 9.48 Å². The maximum absolute atomic E-state index is 12.8. The molecule has 106 valence electrons. The second kappa shape index (κ2) is 6.76. The van der Waals surface area contributed by atoms with Crippen LogP contribution in [0.5, 0.6) is 0 Å². The lowest BCUT2D eigenvalue weighted by Gasteiger charge is -2.07. The van der Waals surface area contributed by atoms with E-state index in [2.05, 4.69) is 21.0 Å². The van der Waals surface area contributed by atoms with E-state index in [1.54, 1.807) is 30.1 Å². The maximum Gasteiger partial charge on any atom is 0.186 e. The fourth-order valence-electron chi connectivity index (χ4n) is 1.86. The number of methoxy groups -OCH3 is 1. The molecule has 0 aliphatic rings. The number of Topliss-reactive ketones (excluding diaryl/α,β-unsaturated/α-hetero) is 1. The van der Waals surface area contributed by atoms with Crippen LogP contribution in [0.25, 0.3) is 0 Å². The minimum Gasteiger partial charge on any atom is -0.383 e. The lowest BCUT2D eigenvalue weighted by Crippen LogP contribution is -2.15. The van der Waals surface area contributed by atoms with Gasteiger partial charge in [-0.15, -0.1) is 0 Å². The number of rotatable bonds is 6. The van der Waals surface area contributed by atoms with E-state index in [1.807, 2.05) is 0 Å². The number of carbonyl (C=O) groups excluding carboxylic acids is 1. The lowest BCUT2D eigenvalue weighted by molar-refractivity contribution is 0.0978. The van der Waals surface area contributed by atoms with E-state index in [4.69, 9.17) is 4.74 Å². The van der Waals surface area contributed by atoms with Crippen molar-refractivity contribution < 1.29 is 13.9 Å². The van der Waals surface area contributed by atoms with Crippen molar-refractivity contribution in [3.05, 3.63) is 52.0 Å². The average molecular weight is 341 g/mol. The molecule has 20 heavy (non-hydrogen) atoms. The molecule has 1 aromatic heterocycles. The number of benzene rings is 1. The molecule has 0 amide bonds. The smallest absolute Gasteiger partial charge is 0.186 e. The summed E-state index contributed by atoms with van der Waals surface area (Å²) < 4.78 is 20.1. The van der Waals surface area contributed by atoms with Crippen LogP contribution in [0.3, 0.4) is 0 Å². The van der Waals surface area contributed by atoms with Gasteiger partial charge in [-0.05, 0) is 33.6 Å². The summed E-state index contributed by atoms with van der Waals surface area (Å²) in [5.74, 6) is -0.385. The van der Waals surface area contributed by atoms with E-state index < -0.39 is 0 Å². The van der Waals surface area contributed by atoms with Gasteiger partial charge in [0, 0.05) is 13.5 Å². The monoisotopic (exact) mass is 340 g/mol. The Morgan fingerprint density at radius 2 is 2.10 bits per heavy atom. The molecule has 4 nitrogen and oxygen atoms in total. The Kier molecular flexibility index (Phi) is 5.03. The molecule has 0 unspecified atom stereocenters. The van der Waals surface area contributed by atoms with Crippen LogP contribution in [0, 0.1) is 5.82 Å². The summed E-state index contributed by atoms with van der Waals surface area (Å²) in [5, 5.41) is 4.14. The lowest BCUT2D eigenvalue weighted by atomic mass is 10.1. The first-order chi connectivity index (χ1) is 9.61. The van der Waals surface area contributed by atoms with E-state index in [0.29, 0.717) is 23.3 Å². The second-order valence-corrected chi connectivity index (χ2v) is 5.14. The van der Waals surface area contributed by atoms with Crippen LogP contribution in [0.15, 0.2) is 34.9 Å². The zero-order valence-corrected chi connectivity index (χ0v) is 12.6. The van der Waals surface area contributed by atoms with Gasteiger partial charge in [-0.2, -0.15) is 5.10 Å². The minimum absolute atomic E-state index is 0.0721. The highest BCUT2D eigenvalue weighted by molar-refractivity contribution is 9.10. The summed E-state index contributed by atoms with van der Waals surface area (Å²) in [7, 11) is 1.60. The Hall–Kier alpha value is -1.53. The summed E-state index contributed by atoms with van der Waals surface area (Å²) in [6.07, 6.45) is 1.80. The number of hydrogen-bond acceptors (Lipinski definition) is 3. The molecule has 6 heteroatoms. The molecule has 0 aliphatic heterocycles. The van der Waals surface area contributed by atoms with Crippen LogP contribution < -0.4 is 0 Å². The number of nitrogens with zero attached hydrogens (tertiary/aromatic N) is 2. The molecule has 2 aromatic rings. The number of carbonyl (C=O) groups is 1. The molecule has 0 bridgehead atoms. The molecule has 0 radical (unpaired) electrons. The molecule has 0 atom stereocenters. The Morgan fingerprint density at radius 3 is 2.75 bits per heavy atom. The topological polar surface area (TPSA) is 44.1 Å². The fourth-order valence-corrected chi connectivity index (χ4v) is 2.38. The zero-order valence-electron chi connectivity index (χ0n) is 11.0. The van der Waals surface area contributed by atoms with Gasteiger partial charge in [-0.1, -0.05) is 12.1 Å². The summed E-state index contributed by atoms with van der Waals surface area (Å²) in [4.78, 5) is 12.3. The highest BCUT2D eigenvalue weighted by Gasteiger charge is 2.17. The van der Waals surface area contributed by atoms with Crippen LogP contribution >= 0.6 is 15.9 Å². The van der Waals surface area contributed by atoms with Crippen LogP contribution in [0.4, 0.5) is 4.39 Å². The third-order valence-electron chi connectivity index (χ3n) is 2.84. The highest BCUT2D eigenvalue weighted by Crippen LogP contribution is 2.18. The largest absolute Gasteiger partial charge is 0.383 e. The Bertz CT molecular complexity index is 596. The van der Waals surface area contributed by atoms with Crippen LogP contribution in [0.2, 0.25) is 0 Å². The first-order valence-electron chi connectivity index (χ1n) is 6.09. The van der Waals surface area contributed by atoms with E-state index in [0.717, 1.165) is 5.56 Å². The van der Waals surface area contributed by atoms with Gasteiger partial charge in [0.15, 0.2) is 5.78 Å². The van der Waals surface area contributed by atoms with Crippen LogP contribution in [-0.4, -0.2) is 29.3 Å². The summed E-state index contributed by atoms with van der Waals surface area (Å²) in [6, 6.07) is 5.91. The van der Waals surface area contributed by atoms with Gasteiger partial charge >= 0.3 is 0 Å². The van der Waals surface area contributed by atoms with Crippen LogP contribution in [0.1, 0.15) is 16.1 Å². The number of ketones is 1. The molecule has 2 rings (SSSR count). The van der Waals surface area contributed by atoms with E-state index in [-0.39, 0.29) is 18.0 Å². The number of ether oxygens (including phenoxy) is 1. The van der Waals surface area contributed by atoms with Crippen molar-refractivity contribution in [2.45, 2.75) is 13.0 Å². The van der Waals surface area contributed by atoms with Gasteiger partial charge in [-0.25, -0.2) is 4.39 Å². The molecule has 0 saturated heterocycles. The maximum atomic E-state index is 12.8. The van der Waals surface area contributed by atoms with Gasteiger partial charge in [0.2, 0.25) is 0 Å². The van der Waals surface area contributed by atoms with Crippen molar-refractivity contribution in [1.82, 2.24) is 9.78 Å². The highest BCUT2D eigenvalue weighted by atomic mass is 79.9. The van der Waals surface area contributed by atoms with Crippen molar-refractivity contribution in [1.29, 1.82) is 0 Å². The Morgan fingerprint density at radius 1 is 1.40 bits per heavy atom. The fraction of sp³-hybridized carbons (Fsp3) is 0.286. The third kappa shape index (κ3) is 3.52. The van der Waals surface area contributed by atoms with Crippen molar-refractivity contribution in [3.8, 4) is 0 Å². The molecule has 0 spiro atoms. The summed E-state index contributed by atoms with van der Waals surface area (Å²) in [6.45, 7) is 0.984. The van der Waals surface area contributed by atoms with E-state index in [1.165, 1.54) is 12.1 Å². The molecular formula is C14H14BrFN2O2. The Balaban J connectivity index is 2.16. The first kappa shape index (κ1) is 14.9. The molecule has 0 fully saturated rings. The van der Waals surface area contributed by atoms with Gasteiger partial charge in [0.05, 0.1) is 23.8 Å². The van der Waals surface area contributed by atoms with Crippen LogP contribution in [-0.2, 0) is 17.7 Å². The zero-order chi connectivity index (χ0) is 14.5. The molecule has 0 saturated carbocycles. The van der Waals surface area contributed by atoms with E-state index >= 15 is 0 Å². The normalized spacial score (nSPS) is 10.8. The van der Waals surface area contributed by atoms with Crippen molar-refractivity contribution in [3.63, 3.8) is 0 Å².